The van der Waals surface area contributed by atoms with E-state index in [1.807, 2.05) is 6.07 Å². The maximum absolute atomic E-state index is 6.17. The lowest BCUT2D eigenvalue weighted by Gasteiger charge is -2.33. The molecule has 0 radical (unpaired) electrons. The van der Waals surface area contributed by atoms with Crippen LogP contribution in [-0.4, -0.2) is 6.54 Å². The molecule has 3 rings (SSSR count). The predicted octanol–water partition coefficient (Wildman–Crippen LogP) is 5.30. The molecular weight excluding hydrogens is 258 g/mol. The summed E-state index contributed by atoms with van der Waals surface area (Å²) in [5, 5.41) is 4.96. The number of hydrogen-bond donors (Lipinski definition) is 1. The molecule has 0 amide bonds. The first-order valence-corrected chi connectivity index (χ1v) is 8.33. The van der Waals surface area contributed by atoms with E-state index in [0.29, 0.717) is 17.4 Å². The topological polar surface area (TPSA) is 25.2 Å². The molecule has 114 valence electrons. The minimum atomic E-state index is 0.342. The zero-order valence-electron chi connectivity index (χ0n) is 13.5. The van der Waals surface area contributed by atoms with Gasteiger partial charge in [0, 0.05) is 5.39 Å². The quantitative estimate of drug-likeness (QED) is 0.806. The molecule has 1 saturated carbocycles. The maximum Gasteiger partial charge on any atom is 0.134 e. The third-order valence-electron chi connectivity index (χ3n) is 5.11. The van der Waals surface area contributed by atoms with Crippen LogP contribution in [0.5, 0.6) is 0 Å². The zero-order valence-corrected chi connectivity index (χ0v) is 13.5. The van der Waals surface area contributed by atoms with Crippen LogP contribution >= 0.6 is 0 Å². The Hall–Kier alpha value is -1.28. The molecule has 2 aromatic rings. The van der Waals surface area contributed by atoms with Gasteiger partial charge in [0.05, 0.1) is 6.04 Å². The van der Waals surface area contributed by atoms with E-state index in [0.717, 1.165) is 24.3 Å². The van der Waals surface area contributed by atoms with Crippen LogP contribution in [0, 0.1) is 11.3 Å². The van der Waals surface area contributed by atoms with Crippen LogP contribution in [0.3, 0.4) is 0 Å². The van der Waals surface area contributed by atoms with Gasteiger partial charge in [-0.25, -0.2) is 0 Å². The molecule has 1 aromatic carbocycles. The van der Waals surface area contributed by atoms with Crippen LogP contribution < -0.4 is 5.32 Å². The molecule has 1 aliphatic carbocycles. The van der Waals surface area contributed by atoms with E-state index in [2.05, 4.69) is 50.4 Å². The second-order valence-electron chi connectivity index (χ2n) is 7.11. The fourth-order valence-corrected chi connectivity index (χ4v) is 3.87. The standard InChI is InChI=1S/C19H27NO/c1-4-12-20-18(15-9-7-11-19(15,2)3)17-13-14-8-5-6-10-16(14)21-17/h5-6,8,10,13,15,18,20H,4,7,9,11-12H2,1-3H3. The van der Waals surface area contributed by atoms with Gasteiger partial charge in [-0.1, -0.05) is 45.4 Å². The van der Waals surface area contributed by atoms with Crippen LogP contribution in [0.1, 0.15) is 58.3 Å². The lowest BCUT2D eigenvalue weighted by atomic mass is 9.76. The Labute approximate surface area is 127 Å². The fraction of sp³-hybridized carbons (Fsp3) is 0.579. The first-order chi connectivity index (χ1) is 10.1. The molecule has 0 aliphatic heterocycles. The highest BCUT2D eigenvalue weighted by molar-refractivity contribution is 5.77. The third kappa shape index (κ3) is 2.87. The molecule has 1 heterocycles. The van der Waals surface area contributed by atoms with Crippen molar-refractivity contribution < 1.29 is 4.42 Å². The summed E-state index contributed by atoms with van der Waals surface area (Å²) >= 11 is 0. The summed E-state index contributed by atoms with van der Waals surface area (Å²) in [6, 6.07) is 10.9. The maximum atomic E-state index is 6.17. The van der Waals surface area contributed by atoms with Gasteiger partial charge < -0.3 is 9.73 Å². The summed E-state index contributed by atoms with van der Waals surface area (Å²) in [7, 11) is 0. The molecule has 1 aliphatic rings. The lowest BCUT2D eigenvalue weighted by molar-refractivity contribution is 0.182. The van der Waals surface area contributed by atoms with Crippen LogP contribution in [0.15, 0.2) is 34.7 Å². The average molecular weight is 285 g/mol. The van der Waals surface area contributed by atoms with Crippen LogP contribution in [0.4, 0.5) is 0 Å². The Bertz CT molecular complexity index is 565. The molecule has 0 spiro atoms. The lowest BCUT2D eigenvalue weighted by Crippen LogP contribution is -2.34. The highest BCUT2D eigenvalue weighted by Gasteiger charge is 2.41. The van der Waals surface area contributed by atoms with E-state index >= 15 is 0 Å². The van der Waals surface area contributed by atoms with Crippen LogP contribution in [-0.2, 0) is 0 Å². The van der Waals surface area contributed by atoms with E-state index in [1.54, 1.807) is 0 Å². The summed E-state index contributed by atoms with van der Waals surface area (Å²) in [6.45, 7) is 8.10. The fourth-order valence-electron chi connectivity index (χ4n) is 3.87. The second-order valence-corrected chi connectivity index (χ2v) is 7.11. The molecule has 2 atom stereocenters. The van der Waals surface area contributed by atoms with Crippen molar-refractivity contribution in [2.24, 2.45) is 11.3 Å². The number of furan rings is 1. The largest absolute Gasteiger partial charge is 0.459 e. The van der Waals surface area contributed by atoms with Gasteiger partial charge in [-0.15, -0.1) is 0 Å². The van der Waals surface area contributed by atoms with Crippen LogP contribution in [0.2, 0.25) is 0 Å². The Balaban J connectivity index is 1.94. The number of hydrogen-bond acceptors (Lipinski definition) is 2. The molecule has 2 nitrogen and oxygen atoms in total. The average Bonchev–Trinajstić information content (AvgIpc) is 3.03. The third-order valence-corrected chi connectivity index (χ3v) is 5.11. The molecule has 0 bridgehead atoms. The normalized spacial score (nSPS) is 22.7. The van der Waals surface area contributed by atoms with E-state index in [4.69, 9.17) is 4.42 Å². The van der Waals surface area contributed by atoms with Gasteiger partial charge in [0.2, 0.25) is 0 Å². The van der Waals surface area contributed by atoms with E-state index < -0.39 is 0 Å². The van der Waals surface area contributed by atoms with Crippen molar-refractivity contribution in [3.05, 3.63) is 36.1 Å². The van der Waals surface area contributed by atoms with Gasteiger partial charge in [-0.3, -0.25) is 0 Å². The molecule has 2 heteroatoms. The molecular formula is C19H27NO. The molecule has 2 unspecified atom stereocenters. The SMILES string of the molecule is CCCNC(c1cc2ccccc2o1)C1CCCC1(C)C. The highest BCUT2D eigenvalue weighted by Crippen LogP contribution is 2.49. The number of fused-ring (bicyclic) bond motifs is 1. The van der Waals surface area contributed by atoms with Crippen molar-refractivity contribution >= 4 is 11.0 Å². The molecule has 0 saturated heterocycles. The van der Waals surface area contributed by atoms with E-state index in [-0.39, 0.29) is 0 Å². The van der Waals surface area contributed by atoms with Crippen LogP contribution in [0.25, 0.3) is 11.0 Å². The number of para-hydroxylation sites is 1. The van der Waals surface area contributed by atoms with Crippen molar-refractivity contribution in [1.29, 1.82) is 0 Å². The van der Waals surface area contributed by atoms with Crippen molar-refractivity contribution in [2.45, 2.75) is 52.5 Å². The number of benzene rings is 1. The zero-order chi connectivity index (χ0) is 14.9. The first-order valence-electron chi connectivity index (χ1n) is 8.33. The Morgan fingerprint density at radius 2 is 2.14 bits per heavy atom. The summed E-state index contributed by atoms with van der Waals surface area (Å²) in [6.07, 6.45) is 5.11. The first kappa shape index (κ1) is 14.6. The summed E-state index contributed by atoms with van der Waals surface area (Å²) in [4.78, 5) is 0. The highest BCUT2D eigenvalue weighted by atomic mass is 16.3. The molecule has 1 N–H and O–H groups in total. The van der Waals surface area contributed by atoms with Crippen molar-refractivity contribution in [2.75, 3.05) is 6.54 Å². The van der Waals surface area contributed by atoms with Gasteiger partial charge in [0.1, 0.15) is 11.3 Å². The van der Waals surface area contributed by atoms with E-state index in [1.165, 1.54) is 24.6 Å². The smallest absolute Gasteiger partial charge is 0.134 e. The van der Waals surface area contributed by atoms with Gasteiger partial charge >= 0.3 is 0 Å². The van der Waals surface area contributed by atoms with Gasteiger partial charge in [0.15, 0.2) is 0 Å². The molecule has 1 aromatic heterocycles. The van der Waals surface area contributed by atoms with Gasteiger partial charge in [0.25, 0.3) is 0 Å². The second kappa shape index (κ2) is 5.84. The number of rotatable bonds is 5. The van der Waals surface area contributed by atoms with Crippen molar-refractivity contribution in [1.82, 2.24) is 5.32 Å². The monoisotopic (exact) mass is 285 g/mol. The van der Waals surface area contributed by atoms with Crippen molar-refractivity contribution in [3.63, 3.8) is 0 Å². The number of nitrogens with one attached hydrogen (secondary N) is 1. The van der Waals surface area contributed by atoms with Gasteiger partial charge in [-0.2, -0.15) is 0 Å². The van der Waals surface area contributed by atoms with E-state index in [9.17, 15) is 0 Å². The summed E-state index contributed by atoms with van der Waals surface area (Å²) < 4.78 is 6.17. The van der Waals surface area contributed by atoms with Gasteiger partial charge in [-0.05, 0) is 49.3 Å². The Morgan fingerprint density at radius 1 is 1.33 bits per heavy atom. The summed E-state index contributed by atoms with van der Waals surface area (Å²) in [5.74, 6) is 1.77. The minimum Gasteiger partial charge on any atom is -0.459 e. The molecule has 21 heavy (non-hydrogen) atoms. The summed E-state index contributed by atoms with van der Waals surface area (Å²) in [5.41, 5.74) is 1.40. The predicted molar refractivity (Wildman–Crippen MR) is 88.4 cm³/mol. The minimum absolute atomic E-state index is 0.342. The van der Waals surface area contributed by atoms with Crippen molar-refractivity contribution in [3.8, 4) is 0 Å². The Kier molecular flexibility index (Phi) is 4.08. The Morgan fingerprint density at radius 3 is 2.81 bits per heavy atom. The molecule has 1 fully saturated rings.